The van der Waals surface area contributed by atoms with Gasteiger partial charge >= 0.3 is 5.97 Å². The van der Waals surface area contributed by atoms with Gasteiger partial charge in [0.2, 0.25) is 0 Å². The quantitative estimate of drug-likeness (QED) is 0.488. The molecule has 3 atom stereocenters. The van der Waals surface area contributed by atoms with Crippen LogP contribution in [0.25, 0.3) is 0 Å². The van der Waals surface area contributed by atoms with Crippen molar-refractivity contribution >= 4 is 29.2 Å². The van der Waals surface area contributed by atoms with Crippen LogP contribution in [0.2, 0.25) is 5.02 Å². The van der Waals surface area contributed by atoms with Crippen molar-refractivity contribution in [2.24, 2.45) is 11.8 Å². The van der Waals surface area contributed by atoms with Gasteiger partial charge in [-0.1, -0.05) is 38.3 Å². The third kappa shape index (κ3) is 4.92. The lowest BCUT2D eigenvalue weighted by molar-refractivity contribution is -0.384. The molecule has 0 radical (unpaired) electrons. The van der Waals surface area contributed by atoms with Crippen LogP contribution in [-0.2, 0) is 9.53 Å². The molecule has 136 valence electrons. The highest BCUT2D eigenvalue weighted by Gasteiger charge is 2.28. The van der Waals surface area contributed by atoms with Crippen molar-refractivity contribution in [1.29, 1.82) is 0 Å². The number of halogens is 1. The molecule has 2 rings (SSSR count). The Morgan fingerprint density at radius 2 is 2.08 bits per heavy atom. The predicted octanol–water partition coefficient (Wildman–Crippen LogP) is 3.35. The summed E-state index contributed by atoms with van der Waals surface area (Å²) in [7, 11) is 0. The number of nitrogens with zero attached hydrogens (tertiary/aromatic N) is 1. The smallest absolute Gasteiger partial charge is 0.340 e. The molecule has 0 saturated heterocycles. The highest BCUT2D eigenvalue weighted by atomic mass is 35.5. The third-order valence-electron chi connectivity index (χ3n) is 4.77. The van der Waals surface area contributed by atoms with E-state index in [1.54, 1.807) is 0 Å². The van der Waals surface area contributed by atoms with Gasteiger partial charge < -0.3 is 10.1 Å². The summed E-state index contributed by atoms with van der Waals surface area (Å²) in [5, 5.41) is 13.5. The number of hydrogen-bond acceptors (Lipinski definition) is 5. The van der Waals surface area contributed by atoms with Crippen molar-refractivity contribution in [2.75, 3.05) is 6.61 Å². The summed E-state index contributed by atoms with van der Waals surface area (Å²) in [6.45, 7) is 3.86. The molecule has 1 aliphatic rings. The highest BCUT2D eigenvalue weighted by molar-refractivity contribution is 6.33. The van der Waals surface area contributed by atoms with E-state index in [1.807, 2.05) is 0 Å². The Labute approximate surface area is 150 Å². The molecule has 0 bridgehead atoms. The number of nitro benzene ring substituents is 1. The summed E-state index contributed by atoms with van der Waals surface area (Å²) in [4.78, 5) is 34.1. The van der Waals surface area contributed by atoms with E-state index in [2.05, 4.69) is 19.2 Å². The molecule has 8 heteroatoms. The Morgan fingerprint density at radius 3 is 2.72 bits per heavy atom. The molecular weight excluding hydrogens is 348 g/mol. The topological polar surface area (TPSA) is 98.5 Å². The summed E-state index contributed by atoms with van der Waals surface area (Å²) in [5.74, 6) is -0.240. The zero-order chi connectivity index (χ0) is 18.6. The summed E-state index contributed by atoms with van der Waals surface area (Å²) in [5.41, 5.74) is -0.237. The number of nitrogens with one attached hydrogen (secondary N) is 1. The maximum Gasteiger partial charge on any atom is 0.340 e. The van der Waals surface area contributed by atoms with E-state index in [1.165, 1.54) is 6.07 Å². The minimum absolute atomic E-state index is 0.0141. The van der Waals surface area contributed by atoms with Gasteiger partial charge in [0.25, 0.3) is 11.6 Å². The van der Waals surface area contributed by atoms with Gasteiger partial charge in [-0.2, -0.15) is 0 Å². The van der Waals surface area contributed by atoms with E-state index in [0.717, 1.165) is 31.4 Å². The number of ether oxygens (including phenoxy) is 1. The zero-order valence-electron chi connectivity index (χ0n) is 14.2. The van der Waals surface area contributed by atoms with Crippen LogP contribution in [0.1, 0.15) is 43.5 Å². The van der Waals surface area contributed by atoms with Crippen molar-refractivity contribution in [3.63, 3.8) is 0 Å². The number of benzene rings is 1. The van der Waals surface area contributed by atoms with E-state index >= 15 is 0 Å². The highest BCUT2D eigenvalue weighted by Crippen LogP contribution is 2.29. The van der Waals surface area contributed by atoms with Crippen molar-refractivity contribution in [3.8, 4) is 0 Å². The van der Waals surface area contributed by atoms with Crippen LogP contribution in [0, 0.1) is 22.0 Å². The second kappa shape index (κ2) is 8.29. The van der Waals surface area contributed by atoms with Gasteiger partial charge in [-0.3, -0.25) is 14.9 Å². The average Bonchev–Trinajstić information content (AvgIpc) is 2.56. The fourth-order valence-electron chi connectivity index (χ4n) is 3.03. The molecule has 1 saturated carbocycles. The number of carbonyl (C=O) groups excluding carboxylic acids is 2. The van der Waals surface area contributed by atoms with E-state index in [0.29, 0.717) is 11.8 Å². The summed E-state index contributed by atoms with van der Waals surface area (Å²) in [6, 6.07) is 3.53. The average molecular weight is 369 g/mol. The Bertz CT molecular complexity index is 679. The van der Waals surface area contributed by atoms with Crippen LogP contribution in [0.15, 0.2) is 18.2 Å². The number of amides is 1. The Morgan fingerprint density at radius 1 is 1.36 bits per heavy atom. The number of esters is 1. The van der Waals surface area contributed by atoms with Gasteiger partial charge in [0.15, 0.2) is 6.61 Å². The molecule has 1 amide bonds. The second-order valence-electron chi connectivity index (χ2n) is 6.44. The summed E-state index contributed by atoms with van der Waals surface area (Å²) >= 11 is 5.87. The Balaban J connectivity index is 1.89. The van der Waals surface area contributed by atoms with Gasteiger partial charge in [-0.05, 0) is 24.3 Å². The Kier molecular flexibility index (Phi) is 6.36. The molecule has 1 aromatic rings. The summed E-state index contributed by atoms with van der Waals surface area (Å²) in [6.07, 6.45) is 3.13. The first-order chi connectivity index (χ1) is 11.8. The molecule has 0 spiro atoms. The molecule has 0 aromatic heterocycles. The van der Waals surface area contributed by atoms with E-state index in [4.69, 9.17) is 16.3 Å². The van der Waals surface area contributed by atoms with E-state index in [-0.39, 0.29) is 28.2 Å². The molecule has 25 heavy (non-hydrogen) atoms. The number of non-ortho nitro benzene ring substituents is 1. The number of carbonyl (C=O) groups is 2. The molecule has 0 unspecified atom stereocenters. The lowest BCUT2D eigenvalue weighted by Gasteiger charge is -2.34. The third-order valence-corrected chi connectivity index (χ3v) is 5.08. The van der Waals surface area contributed by atoms with Gasteiger partial charge in [-0.15, -0.1) is 0 Å². The first kappa shape index (κ1) is 19.2. The molecule has 1 aromatic carbocycles. The first-order valence-electron chi connectivity index (χ1n) is 8.20. The lowest BCUT2D eigenvalue weighted by Crippen LogP contribution is -2.45. The fourth-order valence-corrected chi connectivity index (χ4v) is 3.28. The molecule has 1 aliphatic carbocycles. The number of nitro groups is 1. The standard InChI is InChI=1S/C17H21ClN2O5/c1-10-4-3-5-15(11(10)2)19-16(21)9-25-17(22)13-7-6-12(20(23)24)8-14(13)18/h6-8,10-11,15H,3-5,9H2,1-2H3,(H,19,21)/t10-,11-,15+/m1/s1. The van der Waals surface area contributed by atoms with Crippen molar-refractivity contribution in [1.82, 2.24) is 5.32 Å². The van der Waals surface area contributed by atoms with Crippen molar-refractivity contribution < 1.29 is 19.2 Å². The maximum atomic E-state index is 12.0. The van der Waals surface area contributed by atoms with Gasteiger partial charge in [0.1, 0.15) is 0 Å². The van der Waals surface area contributed by atoms with Crippen LogP contribution >= 0.6 is 11.6 Å². The predicted molar refractivity (Wildman–Crippen MR) is 92.5 cm³/mol. The lowest BCUT2D eigenvalue weighted by atomic mass is 9.78. The minimum atomic E-state index is -0.792. The molecule has 7 nitrogen and oxygen atoms in total. The van der Waals surface area contributed by atoms with Gasteiger partial charge in [0.05, 0.1) is 15.5 Å². The SMILES string of the molecule is C[C@@H]1[C@H](C)CCC[C@@H]1NC(=O)COC(=O)c1ccc([N+](=O)[O-])cc1Cl. The van der Waals surface area contributed by atoms with Crippen LogP contribution in [0.5, 0.6) is 0 Å². The van der Waals surface area contributed by atoms with Crippen LogP contribution < -0.4 is 5.32 Å². The molecular formula is C17H21ClN2O5. The monoisotopic (exact) mass is 368 g/mol. The first-order valence-corrected chi connectivity index (χ1v) is 8.57. The van der Waals surface area contributed by atoms with Crippen LogP contribution in [-0.4, -0.2) is 29.4 Å². The minimum Gasteiger partial charge on any atom is -0.452 e. The van der Waals surface area contributed by atoms with Crippen LogP contribution in [0.3, 0.4) is 0 Å². The maximum absolute atomic E-state index is 12.0. The number of rotatable bonds is 5. The normalized spacial score (nSPS) is 22.9. The fraction of sp³-hybridized carbons (Fsp3) is 0.529. The van der Waals surface area contributed by atoms with Gasteiger partial charge in [0, 0.05) is 18.2 Å². The molecule has 0 aliphatic heterocycles. The van der Waals surface area contributed by atoms with E-state index < -0.39 is 17.5 Å². The second-order valence-corrected chi connectivity index (χ2v) is 6.85. The Hall–Kier alpha value is -2.15. The van der Waals surface area contributed by atoms with Crippen molar-refractivity contribution in [2.45, 2.75) is 39.2 Å². The van der Waals surface area contributed by atoms with E-state index in [9.17, 15) is 19.7 Å². The largest absolute Gasteiger partial charge is 0.452 e. The molecule has 1 N–H and O–H groups in total. The summed E-state index contributed by atoms with van der Waals surface area (Å²) < 4.78 is 4.97. The molecule has 1 fully saturated rings. The zero-order valence-corrected chi connectivity index (χ0v) is 14.9. The number of hydrogen-bond donors (Lipinski definition) is 1. The molecule has 0 heterocycles. The van der Waals surface area contributed by atoms with Gasteiger partial charge in [-0.25, -0.2) is 4.79 Å². The van der Waals surface area contributed by atoms with Crippen LogP contribution in [0.4, 0.5) is 5.69 Å². The van der Waals surface area contributed by atoms with Crippen molar-refractivity contribution in [3.05, 3.63) is 38.9 Å².